The van der Waals surface area contributed by atoms with Crippen molar-refractivity contribution < 1.29 is 0 Å². The van der Waals surface area contributed by atoms with Crippen molar-refractivity contribution in [1.29, 1.82) is 0 Å². The zero-order valence-corrected chi connectivity index (χ0v) is 28.8. The van der Waals surface area contributed by atoms with Crippen LogP contribution in [0.3, 0.4) is 0 Å². The van der Waals surface area contributed by atoms with Gasteiger partial charge in [-0.15, -0.1) is 0 Å². The molecule has 0 aliphatic heterocycles. The van der Waals surface area contributed by atoms with Crippen molar-refractivity contribution in [2.75, 3.05) is 0 Å². The fraction of sp³-hybridized carbons (Fsp3) is 0.0426. The molecule has 0 fully saturated rings. The largest absolute Gasteiger partial charge is 0.309 e. The van der Waals surface area contributed by atoms with Crippen molar-refractivity contribution in [1.82, 2.24) is 24.1 Å². The van der Waals surface area contributed by atoms with E-state index < -0.39 is 0 Å². The second kappa shape index (κ2) is 11.9. The first-order valence-electron chi connectivity index (χ1n) is 17.6. The normalized spacial score (nSPS) is 11.7. The summed E-state index contributed by atoms with van der Waals surface area (Å²) >= 11 is 0. The highest BCUT2D eigenvalue weighted by Crippen LogP contribution is 2.42. The van der Waals surface area contributed by atoms with Gasteiger partial charge in [-0.1, -0.05) is 133 Å². The Morgan fingerprint density at radius 3 is 1.37 bits per heavy atom. The van der Waals surface area contributed by atoms with Gasteiger partial charge in [-0.05, 0) is 55.3 Å². The lowest BCUT2D eigenvalue weighted by molar-refractivity contribution is 1.07. The first-order chi connectivity index (χ1) is 25.6. The van der Waals surface area contributed by atoms with E-state index in [0.29, 0.717) is 17.5 Å². The van der Waals surface area contributed by atoms with E-state index in [1.807, 2.05) is 36.4 Å². The van der Waals surface area contributed by atoms with Gasteiger partial charge in [-0.3, -0.25) is 0 Å². The number of benzene rings is 7. The van der Waals surface area contributed by atoms with E-state index in [1.54, 1.807) is 0 Å². The van der Waals surface area contributed by atoms with Crippen molar-refractivity contribution >= 4 is 43.6 Å². The molecule has 0 saturated carbocycles. The average molecular weight is 668 g/mol. The van der Waals surface area contributed by atoms with Gasteiger partial charge in [0.2, 0.25) is 0 Å². The second-order valence-electron chi connectivity index (χ2n) is 13.4. The lowest BCUT2D eigenvalue weighted by Gasteiger charge is -2.18. The van der Waals surface area contributed by atoms with Crippen LogP contribution in [0.25, 0.3) is 89.2 Å². The first-order valence-corrected chi connectivity index (χ1v) is 17.6. The molecule has 5 nitrogen and oxygen atoms in total. The number of para-hydroxylation sites is 4. The molecule has 10 rings (SSSR count). The van der Waals surface area contributed by atoms with Crippen LogP contribution in [-0.2, 0) is 0 Å². The molecule has 0 unspecified atom stereocenters. The van der Waals surface area contributed by atoms with Crippen molar-refractivity contribution in [2.24, 2.45) is 0 Å². The molecule has 5 heteroatoms. The van der Waals surface area contributed by atoms with Crippen LogP contribution >= 0.6 is 0 Å². The monoisotopic (exact) mass is 667 g/mol. The van der Waals surface area contributed by atoms with Gasteiger partial charge in [0, 0.05) is 43.9 Å². The van der Waals surface area contributed by atoms with E-state index in [-0.39, 0.29) is 0 Å². The zero-order valence-electron chi connectivity index (χ0n) is 28.8. The Labute approximate surface area is 301 Å². The van der Waals surface area contributed by atoms with Crippen LogP contribution in [0.15, 0.2) is 164 Å². The lowest BCUT2D eigenvalue weighted by atomic mass is 10.0. The van der Waals surface area contributed by atoms with Gasteiger partial charge in [0.1, 0.15) is 0 Å². The van der Waals surface area contributed by atoms with Gasteiger partial charge in [0.05, 0.1) is 27.8 Å². The Morgan fingerprint density at radius 1 is 0.385 bits per heavy atom. The molecule has 0 aliphatic rings. The minimum absolute atomic E-state index is 0.621. The van der Waals surface area contributed by atoms with E-state index in [2.05, 4.69) is 150 Å². The van der Waals surface area contributed by atoms with Crippen LogP contribution in [-0.4, -0.2) is 24.1 Å². The minimum atomic E-state index is 0.621. The molecule has 7 aromatic carbocycles. The molecular formula is C47H33N5. The summed E-state index contributed by atoms with van der Waals surface area (Å²) in [5.74, 6) is 1.89. The lowest BCUT2D eigenvalue weighted by Crippen LogP contribution is -2.05. The molecule has 3 heterocycles. The average Bonchev–Trinajstić information content (AvgIpc) is 3.71. The predicted octanol–water partition coefficient (Wildman–Crippen LogP) is 11.7. The summed E-state index contributed by atoms with van der Waals surface area (Å²) in [5, 5.41) is 4.74. The molecule has 3 aromatic heterocycles. The number of hydrogen-bond acceptors (Lipinski definition) is 3. The van der Waals surface area contributed by atoms with Gasteiger partial charge in [0.25, 0.3) is 0 Å². The summed E-state index contributed by atoms with van der Waals surface area (Å²) in [5.41, 5.74) is 11.9. The number of rotatable bonds is 5. The Balaban J connectivity index is 1.40. The van der Waals surface area contributed by atoms with Crippen molar-refractivity contribution in [3.8, 4) is 45.5 Å². The minimum Gasteiger partial charge on any atom is -0.309 e. The summed E-state index contributed by atoms with van der Waals surface area (Å²) < 4.78 is 4.81. The Hall–Kier alpha value is -6.85. The van der Waals surface area contributed by atoms with Gasteiger partial charge in [-0.2, -0.15) is 0 Å². The van der Waals surface area contributed by atoms with Gasteiger partial charge >= 0.3 is 0 Å². The standard InChI is InChI=1S/C47H33N5/c1-30-16-15-17-31(2)43(30)52-42-27-14-11-24-37(42)38-28-34(51-40-25-12-9-22-35(40)36-23-10-13-26-41(36)51)29-39(44(38)52)47-49-45(32-18-5-3-6-19-32)48-46(50-47)33-20-7-4-8-21-33/h3-29H,1-2H3. The van der Waals surface area contributed by atoms with Gasteiger partial charge in [-0.25, -0.2) is 15.0 Å². The van der Waals surface area contributed by atoms with Crippen LogP contribution in [0.4, 0.5) is 0 Å². The quantitative estimate of drug-likeness (QED) is 0.184. The van der Waals surface area contributed by atoms with Crippen molar-refractivity contribution in [3.63, 3.8) is 0 Å². The number of aryl methyl sites for hydroxylation is 2. The van der Waals surface area contributed by atoms with Gasteiger partial charge < -0.3 is 9.13 Å². The SMILES string of the molecule is Cc1cccc(C)c1-n1c2ccccc2c2cc(-n3c4ccccc4c4ccccc43)cc(-c3nc(-c4ccccc4)nc(-c4ccccc4)n3)c21. The molecule has 0 N–H and O–H groups in total. The second-order valence-corrected chi connectivity index (χ2v) is 13.4. The molecule has 246 valence electrons. The van der Waals surface area contributed by atoms with E-state index in [0.717, 1.165) is 49.8 Å². The third-order valence-corrected chi connectivity index (χ3v) is 10.2. The van der Waals surface area contributed by atoms with Crippen LogP contribution in [0.2, 0.25) is 0 Å². The molecule has 0 saturated heterocycles. The Kier molecular flexibility index (Phi) is 6.86. The van der Waals surface area contributed by atoms with Crippen LogP contribution in [0, 0.1) is 13.8 Å². The Bertz CT molecular complexity index is 2840. The number of aromatic nitrogens is 5. The molecule has 0 radical (unpaired) electrons. The molecule has 52 heavy (non-hydrogen) atoms. The molecule has 0 bridgehead atoms. The summed E-state index contributed by atoms with van der Waals surface area (Å²) in [6.07, 6.45) is 0. The Morgan fingerprint density at radius 2 is 0.827 bits per heavy atom. The summed E-state index contributed by atoms with van der Waals surface area (Å²) in [6, 6.07) is 57.6. The maximum absolute atomic E-state index is 5.30. The van der Waals surface area contributed by atoms with Crippen LogP contribution in [0.5, 0.6) is 0 Å². The van der Waals surface area contributed by atoms with E-state index in [9.17, 15) is 0 Å². The molecule has 0 atom stereocenters. The number of hydrogen-bond donors (Lipinski definition) is 0. The highest BCUT2D eigenvalue weighted by atomic mass is 15.1. The third-order valence-electron chi connectivity index (χ3n) is 10.2. The summed E-state index contributed by atoms with van der Waals surface area (Å²) in [7, 11) is 0. The fourth-order valence-electron chi connectivity index (χ4n) is 7.90. The van der Waals surface area contributed by atoms with E-state index in [1.165, 1.54) is 33.0 Å². The molecule has 0 aliphatic carbocycles. The van der Waals surface area contributed by atoms with Crippen molar-refractivity contribution in [2.45, 2.75) is 13.8 Å². The first kappa shape index (κ1) is 30.0. The van der Waals surface area contributed by atoms with Crippen molar-refractivity contribution in [3.05, 3.63) is 175 Å². The zero-order chi connectivity index (χ0) is 34.8. The van der Waals surface area contributed by atoms with E-state index in [4.69, 9.17) is 15.0 Å². The van der Waals surface area contributed by atoms with Crippen LogP contribution < -0.4 is 0 Å². The number of nitrogens with zero attached hydrogens (tertiary/aromatic N) is 5. The topological polar surface area (TPSA) is 48.5 Å². The maximum atomic E-state index is 5.30. The molecule has 10 aromatic rings. The highest BCUT2D eigenvalue weighted by Gasteiger charge is 2.24. The predicted molar refractivity (Wildman–Crippen MR) is 214 cm³/mol. The van der Waals surface area contributed by atoms with Gasteiger partial charge in [0.15, 0.2) is 17.5 Å². The van der Waals surface area contributed by atoms with E-state index >= 15 is 0 Å². The highest BCUT2D eigenvalue weighted by molar-refractivity contribution is 6.15. The molecule has 0 amide bonds. The molecular weight excluding hydrogens is 635 g/mol. The number of fused-ring (bicyclic) bond motifs is 6. The summed E-state index contributed by atoms with van der Waals surface area (Å²) in [4.78, 5) is 15.7. The smallest absolute Gasteiger partial charge is 0.166 e. The third kappa shape index (κ3) is 4.67. The summed E-state index contributed by atoms with van der Waals surface area (Å²) in [6.45, 7) is 4.39. The van der Waals surface area contributed by atoms with Crippen LogP contribution in [0.1, 0.15) is 11.1 Å². The maximum Gasteiger partial charge on any atom is 0.166 e. The fourth-order valence-corrected chi connectivity index (χ4v) is 7.90. The molecule has 0 spiro atoms.